The topological polar surface area (TPSA) is 143 Å². The molecule has 0 saturated heterocycles. The van der Waals surface area contributed by atoms with E-state index in [1.807, 2.05) is 19.1 Å². The van der Waals surface area contributed by atoms with Gasteiger partial charge in [-0.2, -0.15) is 14.8 Å². The van der Waals surface area contributed by atoms with Crippen molar-refractivity contribution in [1.29, 1.82) is 0 Å². The second-order valence-corrected chi connectivity index (χ2v) is 7.87. The van der Waals surface area contributed by atoms with Crippen molar-refractivity contribution < 1.29 is 18.8 Å². The summed E-state index contributed by atoms with van der Waals surface area (Å²) in [5.74, 6) is 0.806. The average molecular weight is 492 g/mol. The second-order valence-electron chi connectivity index (χ2n) is 7.87. The number of ether oxygens (including phenoxy) is 2. The van der Waals surface area contributed by atoms with E-state index in [1.165, 1.54) is 21.3 Å². The van der Waals surface area contributed by atoms with Crippen LogP contribution in [-0.4, -0.2) is 44.6 Å². The molecule has 12 heteroatoms. The lowest BCUT2D eigenvalue weighted by Gasteiger charge is -2.10. The monoisotopic (exact) mass is 492 g/mol. The maximum Gasteiger partial charge on any atom is 0.351 e. The lowest BCUT2D eigenvalue weighted by molar-refractivity contribution is -0.116. The normalized spacial score (nSPS) is 10.8. The number of methoxy groups -OCH3 is 2. The first-order chi connectivity index (χ1) is 17.3. The quantitative estimate of drug-likeness (QED) is 0.390. The molecule has 0 unspecified atom stereocenters. The molecular weight excluding hydrogens is 468 g/mol. The zero-order valence-electron chi connectivity index (χ0n) is 20.1. The Balaban J connectivity index is 1.50. The fourth-order valence-electron chi connectivity index (χ4n) is 3.38. The molecule has 0 radical (unpaired) electrons. The summed E-state index contributed by atoms with van der Waals surface area (Å²) in [6.45, 7) is 1.92. The van der Waals surface area contributed by atoms with Crippen LogP contribution >= 0.6 is 0 Å². The molecule has 0 aliphatic carbocycles. The standard InChI is InChI=1S/C24H24N6O6/c1-14-5-8-16(9-6-14)30-24(33)29(2)23(32)21(27-30)22-26-20(36-28-22)12-11-19(31)25-15-7-10-17(34-3)18(13-15)35-4/h5-10,13H,11-12H2,1-4H3,(H,25,31). The number of benzene rings is 2. The van der Waals surface area contributed by atoms with E-state index < -0.39 is 11.2 Å². The van der Waals surface area contributed by atoms with E-state index in [-0.39, 0.29) is 36.2 Å². The Hall–Kier alpha value is -4.74. The van der Waals surface area contributed by atoms with Crippen LogP contribution in [0.3, 0.4) is 0 Å². The van der Waals surface area contributed by atoms with Gasteiger partial charge in [-0.25, -0.2) is 4.79 Å². The Morgan fingerprint density at radius 1 is 1.06 bits per heavy atom. The van der Waals surface area contributed by atoms with Crippen molar-refractivity contribution >= 4 is 11.6 Å². The number of hydrogen-bond donors (Lipinski definition) is 1. The van der Waals surface area contributed by atoms with E-state index in [2.05, 4.69) is 20.6 Å². The van der Waals surface area contributed by atoms with Crippen molar-refractivity contribution in [1.82, 2.24) is 24.5 Å². The molecule has 0 atom stereocenters. The molecule has 1 amide bonds. The highest BCUT2D eigenvalue weighted by Gasteiger charge is 2.19. The van der Waals surface area contributed by atoms with Gasteiger partial charge in [-0.1, -0.05) is 22.9 Å². The highest BCUT2D eigenvalue weighted by atomic mass is 16.5. The highest BCUT2D eigenvalue weighted by molar-refractivity contribution is 5.91. The van der Waals surface area contributed by atoms with E-state index in [1.54, 1.807) is 30.3 Å². The number of aromatic nitrogens is 5. The van der Waals surface area contributed by atoms with Crippen LogP contribution < -0.4 is 26.0 Å². The number of carbonyl (C=O) groups is 1. The van der Waals surface area contributed by atoms with E-state index in [4.69, 9.17) is 14.0 Å². The number of rotatable bonds is 8. The summed E-state index contributed by atoms with van der Waals surface area (Å²) in [6.07, 6.45) is 0.175. The van der Waals surface area contributed by atoms with Crippen LogP contribution in [0, 0.1) is 6.92 Å². The van der Waals surface area contributed by atoms with Gasteiger partial charge in [0.15, 0.2) is 17.2 Å². The van der Waals surface area contributed by atoms with Gasteiger partial charge in [0.2, 0.25) is 17.6 Å². The lowest BCUT2D eigenvalue weighted by Crippen LogP contribution is -2.40. The van der Waals surface area contributed by atoms with E-state index >= 15 is 0 Å². The van der Waals surface area contributed by atoms with Crippen LogP contribution in [0.1, 0.15) is 17.9 Å². The second kappa shape index (κ2) is 10.3. The zero-order valence-corrected chi connectivity index (χ0v) is 20.1. The minimum atomic E-state index is -0.665. The first kappa shape index (κ1) is 24.4. The van der Waals surface area contributed by atoms with Gasteiger partial charge in [-0.15, -0.1) is 0 Å². The maximum atomic E-state index is 12.7. The summed E-state index contributed by atoms with van der Waals surface area (Å²) < 4.78 is 17.7. The van der Waals surface area contributed by atoms with Crippen molar-refractivity contribution in [2.75, 3.05) is 19.5 Å². The molecule has 186 valence electrons. The molecule has 0 spiro atoms. The first-order valence-corrected chi connectivity index (χ1v) is 10.9. The SMILES string of the molecule is COc1ccc(NC(=O)CCc2nc(-c3nn(-c4ccc(C)cc4)c(=O)n(C)c3=O)no2)cc1OC. The van der Waals surface area contributed by atoms with Crippen molar-refractivity contribution in [2.24, 2.45) is 7.05 Å². The van der Waals surface area contributed by atoms with Crippen molar-refractivity contribution in [3.63, 3.8) is 0 Å². The molecule has 12 nitrogen and oxygen atoms in total. The van der Waals surface area contributed by atoms with E-state index in [9.17, 15) is 14.4 Å². The molecule has 2 aromatic heterocycles. The molecule has 36 heavy (non-hydrogen) atoms. The third-order valence-corrected chi connectivity index (χ3v) is 5.37. The Morgan fingerprint density at radius 3 is 2.47 bits per heavy atom. The Morgan fingerprint density at radius 2 is 1.78 bits per heavy atom. The molecule has 0 bridgehead atoms. The van der Waals surface area contributed by atoms with Gasteiger partial charge < -0.3 is 19.3 Å². The summed E-state index contributed by atoms with van der Waals surface area (Å²) in [7, 11) is 4.38. The van der Waals surface area contributed by atoms with Crippen molar-refractivity contribution in [2.45, 2.75) is 19.8 Å². The molecule has 4 aromatic rings. The smallest absolute Gasteiger partial charge is 0.351 e. The largest absolute Gasteiger partial charge is 0.493 e. The summed E-state index contributed by atoms with van der Waals surface area (Å²) in [5, 5.41) is 10.8. The van der Waals surface area contributed by atoms with Crippen LogP contribution in [0.25, 0.3) is 17.2 Å². The van der Waals surface area contributed by atoms with Crippen LogP contribution in [0.15, 0.2) is 56.6 Å². The third kappa shape index (κ3) is 5.02. The molecule has 0 aliphatic rings. The molecule has 2 aromatic carbocycles. The summed E-state index contributed by atoms with van der Waals surface area (Å²) >= 11 is 0. The van der Waals surface area contributed by atoms with Gasteiger partial charge in [0, 0.05) is 31.6 Å². The molecule has 2 heterocycles. The lowest BCUT2D eigenvalue weighted by atomic mass is 10.2. The minimum absolute atomic E-state index is 0.0459. The zero-order chi connectivity index (χ0) is 25.8. The van der Waals surface area contributed by atoms with Crippen LogP contribution in [0.4, 0.5) is 5.69 Å². The molecule has 4 rings (SSSR count). The van der Waals surface area contributed by atoms with Gasteiger partial charge >= 0.3 is 5.69 Å². The fraction of sp³-hybridized carbons (Fsp3) is 0.250. The minimum Gasteiger partial charge on any atom is -0.493 e. The predicted molar refractivity (Wildman–Crippen MR) is 130 cm³/mol. The van der Waals surface area contributed by atoms with Crippen LogP contribution in [0.2, 0.25) is 0 Å². The summed E-state index contributed by atoms with van der Waals surface area (Å²) in [4.78, 5) is 41.9. The Bertz CT molecular complexity index is 1520. The number of carbonyl (C=O) groups excluding carboxylic acids is 1. The number of amides is 1. The molecular formula is C24H24N6O6. The third-order valence-electron chi connectivity index (χ3n) is 5.37. The summed E-state index contributed by atoms with van der Waals surface area (Å²) in [6, 6.07) is 12.1. The Kier molecular flexibility index (Phi) is 6.95. The molecule has 0 fully saturated rings. The Labute approximate surface area is 205 Å². The van der Waals surface area contributed by atoms with Gasteiger partial charge in [0.25, 0.3) is 5.56 Å². The first-order valence-electron chi connectivity index (χ1n) is 10.9. The van der Waals surface area contributed by atoms with E-state index in [0.717, 1.165) is 14.8 Å². The van der Waals surface area contributed by atoms with Crippen LogP contribution in [-0.2, 0) is 18.3 Å². The number of hydrogen-bond acceptors (Lipinski definition) is 9. The maximum absolute atomic E-state index is 12.7. The number of nitrogens with zero attached hydrogens (tertiary/aromatic N) is 5. The van der Waals surface area contributed by atoms with Crippen molar-refractivity contribution in [3.8, 4) is 28.7 Å². The number of aryl methyl sites for hydroxylation is 2. The van der Waals surface area contributed by atoms with Gasteiger partial charge in [-0.05, 0) is 31.2 Å². The molecule has 1 N–H and O–H groups in total. The van der Waals surface area contributed by atoms with Crippen LogP contribution in [0.5, 0.6) is 11.5 Å². The number of nitrogens with one attached hydrogen (secondary N) is 1. The highest BCUT2D eigenvalue weighted by Crippen LogP contribution is 2.29. The van der Waals surface area contributed by atoms with Crippen molar-refractivity contribution in [3.05, 3.63) is 74.8 Å². The van der Waals surface area contributed by atoms with Gasteiger partial charge in [-0.3, -0.25) is 14.2 Å². The molecule has 0 aliphatic heterocycles. The number of anilines is 1. The summed E-state index contributed by atoms with van der Waals surface area (Å²) in [5.41, 5.74) is 0.607. The van der Waals surface area contributed by atoms with Gasteiger partial charge in [0.05, 0.1) is 19.9 Å². The average Bonchev–Trinajstić information content (AvgIpc) is 3.35. The molecule has 0 saturated carbocycles. The van der Waals surface area contributed by atoms with E-state index in [0.29, 0.717) is 22.9 Å². The fourth-order valence-corrected chi connectivity index (χ4v) is 3.38. The predicted octanol–water partition coefficient (Wildman–Crippen LogP) is 1.88. The van der Waals surface area contributed by atoms with Gasteiger partial charge in [0.1, 0.15) is 0 Å².